The van der Waals surface area contributed by atoms with Gasteiger partial charge < -0.3 is 8.92 Å². The quantitative estimate of drug-likeness (QED) is 0.794. The molecule has 1 unspecified atom stereocenters. The highest BCUT2D eigenvalue weighted by molar-refractivity contribution is 7.87. The summed E-state index contributed by atoms with van der Waals surface area (Å²) in [4.78, 5) is 0.125. The van der Waals surface area contributed by atoms with E-state index in [-0.39, 0.29) is 16.7 Å². The van der Waals surface area contributed by atoms with Gasteiger partial charge in [-0.3, -0.25) is 0 Å². The number of hydrogen-bond donors (Lipinski definition) is 0. The number of hydrogen-bond acceptors (Lipinski definition) is 4. The Hall–Kier alpha value is -1.85. The van der Waals surface area contributed by atoms with Gasteiger partial charge >= 0.3 is 10.1 Å². The highest BCUT2D eigenvalue weighted by atomic mass is 32.2. The van der Waals surface area contributed by atoms with Gasteiger partial charge in [0.25, 0.3) is 0 Å². The maximum Gasteiger partial charge on any atom is 0.339 e. The van der Waals surface area contributed by atoms with Gasteiger partial charge in [0.05, 0.1) is 6.10 Å². The highest BCUT2D eigenvalue weighted by Crippen LogP contribution is 2.29. The third-order valence-corrected chi connectivity index (χ3v) is 4.19. The van der Waals surface area contributed by atoms with Crippen LogP contribution in [0.15, 0.2) is 59.5 Å². The van der Waals surface area contributed by atoms with Crippen LogP contribution in [-0.4, -0.2) is 15.5 Å². The molecule has 0 saturated carbocycles. The van der Waals surface area contributed by atoms with E-state index in [1.165, 1.54) is 12.1 Å². The van der Waals surface area contributed by atoms with Crippen molar-refractivity contribution < 1.29 is 17.3 Å². The molecule has 2 aromatic carbocycles. The summed E-state index contributed by atoms with van der Waals surface area (Å²) in [6, 6.07) is 15.0. The average molecular weight is 292 g/mol. The predicted octanol–water partition coefficient (Wildman–Crippen LogP) is 3.16. The van der Waals surface area contributed by atoms with E-state index < -0.39 is 10.1 Å². The first kappa shape index (κ1) is 14.6. The molecule has 0 aromatic heterocycles. The van der Waals surface area contributed by atoms with Gasteiger partial charge in [-0.25, -0.2) is 0 Å². The molecule has 0 radical (unpaired) electrons. The lowest BCUT2D eigenvalue weighted by atomic mass is 10.1. The molecular formula is C15H16O4S. The first-order chi connectivity index (χ1) is 9.54. The van der Waals surface area contributed by atoms with E-state index in [9.17, 15) is 8.42 Å². The van der Waals surface area contributed by atoms with E-state index in [1.54, 1.807) is 43.5 Å². The van der Waals surface area contributed by atoms with Crippen LogP contribution < -0.4 is 4.18 Å². The fourth-order valence-corrected chi connectivity index (χ4v) is 2.75. The second-order valence-electron chi connectivity index (χ2n) is 4.27. The van der Waals surface area contributed by atoms with Crippen molar-refractivity contribution in [2.24, 2.45) is 0 Å². The van der Waals surface area contributed by atoms with Gasteiger partial charge in [-0.1, -0.05) is 36.4 Å². The molecule has 2 rings (SSSR count). The van der Waals surface area contributed by atoms with E-state index >= 15 is 0 Å². The Bertz CT molecular complexity index is 665. The minimum atomic E-state index is -3.83. The molecule has 0 heterocycles. The lowest BCUT2D eigenvalue weighted by Crippen LogP contribution is -2.11. The Labute approximate surface area is 119 Å². The normalized spacial score (nSPS) is 12.9. The Kier molecular flexibility index (Phi) is 4.42. The predicted molar refractivity (Wildman–Crippen MR) is 76.1 cm³/mol. The molecule has 0 N–H and O–H groups in total. The Morgan fingerprint density at radius 2 is 1.55 bits per heavy atom. The molecule has 0 bridgehead atoms. The molecule has 20 heavy (non-hydrogen) atoms. The van der Waals surface area contributed by atoms with Gasteiger partial charge in [-0.2, -0.15) is 8.42 Å². The minimum Gasteiger partial charge on any atom is -0.379 e. The molecule has 5 heteroatoms. The van der Waals surface area contributed by atoms with Crippen LogP contribution in [-0.2, 0) is 14.9 Å². The van der Waals surface area contributed by atoms with Crippen molar-refractivity contribution in [2.45, 2.75) is 17.9 Å². The van der Waals surface area contributed by atoms with E-state index in [0.29, 0.717) is 5.56 Å². The lowest BCUT2D eigenvalue weighted by Gasteiger charge is -2.15. The van der Waals surface area contributed by atoms with Crippen molar-refractivity contribution in [2.75, 3.05) is 7.11 Å². The summed E-state index contributed by atoms with van der Waals surface area (Å²) in [5.74, 6) is 0.283. The zero-order chi connectivity index (χ0) is 14.6. The van der Waals surface area contributed by atoms with Crippen LogP contribution in [0.1, 0.15) is 18.6 Å². The van der Waals surface area contributed by atoms with Crippen LogP contribution in [0.2, 0.25) is 0 Å². The standard InChI is InChI=1S/C15H16O4S/c1-12(18-2)14-10-6-7-11-15(14)19-20(16,17)13-8-4-3-5-9-13/h3-12H,1-2H3. The Balaban J connectivity index is 2.36. The maximum absolute atomic E-state index is 12.2. The summed E-state index contributed by atoms with van der Waals surface area (Å²) in [6.45, 7) is 1.83. The van der Waals surface area contributed by atoms with E-state index in [0.717, 1.165) is 0 Å². The van der Waals surface area contributed by atoms with Crippen molar-refractivity contribution in [3.05, 3.63) is 60.2 Å². The minimum absolute atomic E-state index is 0.125. The second-order valence-corrected chi connectivity index (χ2v) is 5.81. The zero-order valence-corrected chi connectivity index (χ0v) is 12.1. The summed E-state index contributed by atoms with van der Waals surface area (Å²) in [5, 5.41) is 0. The maximum atomic E-state index is 12.2. The average Bonchev–Trinajstić information content (AvgIpc) is 2.47. The molecule has 0 spiro atoms. The van der Waals surface area contributed by atoms with E-state index in [4.69, 9.17) is 8.92 Å². The molecule has 0 saturated heterocycles. The second kappa shape index (κ2) is 6.07. The molecule has 106 valence electrons. The van der Waals surface area contributed by atoms with Crippen LogP contribution in [0.4, 0.5) is 0 Å². The highest BCUT2D eigenvalue weighted by Gasteiger charge is 2.19. The fourth-order valence-electron chi connectivity index (χ4n) is 1.77. The summed E-state index contributed by atoms with van der Waals surface area (Å²) < 4.78 is 34.9. The smallest absolute Gasteiger partial charge is 0.339 e. The summed E-state index contributed by atoms with van der Waals surface area (Å²) in [6.07, 6.45) is -0.253. The first-order valence-corrected chi connectivity index (χ1v) is 7.56. The topological polar surface area (TPSA) is 52.6 Å². The monoisotopic (exact) mass is 292 g/mol. The summed E-state index contributed by atoms with van der Waals surface area (Å²) in [7, 11) is -2.27. The lowest BCUT2D eigenvalue weighted by molar-refractivity contribution is 0.118. The van der Waals surface area contributed by atoms with Crippen molar-refractivity contribution in [1.29, 1.82) is 0 Å². The summed E-state index contributed by atoms with van der Waals surface area (Å²) in [5.41, 5.74) is 0.689. The Morgan fingerprint density at radius 3 is 2.20 bits per heavy atom. The number of benzene rings is 2. The largest absolute Gasteiger partial charge is 0.379 e. The molecule has 0 aliphatic carbocycles. The first-order valence-electron chi connectivity index (χ1n) is 6.16. The van der Waals surface area contributed by atoms with Crippen molar-refractivity contribution >= 4 is 10.1 Å². The van der Waals surface area contributed by atoms with Gasteiger partial charge in [0.1, 0.15) is 10.6 Å². The van der Waals surface area contributed by atoms with E-state index in [1.807, 2.05) is 13.0 Å². The van der Waals surface area contributed by atoms with Crippen LogP contribution in [0.3, 0.4) is 0 Å². The number of para-hydroxylation sites is 1. The van der Waals surface area contributed by atoms with Gasteiger partial charge in [0.15, 0.2) is 0 Å². The number of ether oxygens (including phenoxy) is 1. The third-order valence-electron chi connectivity index (χ3n) is 2.94. The van der Waals surface area contributed by atoms with Gasteiger partial charge in [-0.15, -0.1) is 0 Å². The van der Waals surface area contributed by atoms with E-state index in [2.05, 4.69) is 0 Å². The van der Waals surface area contributed by atoms with Gasteiger partial charge in [0.2, 0.25) is 0 Å². The molecular weight excluding hydrogens is 276 g/mol. The number of rotatable bonds is 5. The van der Waals surface area contributed by atoms with Crippen molar-refractivity contribution in [3.63, 3.8) is 0 Å². The Morgan fingerprint density at radius 1 is 0.950 bits per heavy atom. The fraction of sp³-hybridized carbons (Fsp3) is 0.200. The molecule has 0 fully saturated rings. The zero-order valence-electron chi connectivity index (χ0n) is 11.3. The summed E-state index contributed by atoms with van der Waals surface area (Å²) >= 11 is 0. The molecule has 0 amide bonds. The molecule has 0 aliphatic rings. The van der Waals surface area contributed by atoms with Crippen molar-refractivity contribution in [3.8, 4) is 5.75 Å². The number of methoxy groups -OCH3 is 1. The molecule has 4 nitrogen and oxygen atoms in total. The van der Waals surface area contributed by atoms with Gasteiger partial charge in [0, 0.05) is 12.7 Å². The van der Waals surface area contributed by atoms with Crippen LogP contribution in [0.5, 0.6) is 5.75 Å². The van der Waals surface area contributed by atoms with Crippen molar-refractivity contribution in [1.82, 2.24) is 0 Å². The van der Waals surface area contributed by atoms with Gasteiger partial charge in [-0.05, 0) is 25.1 Å². The van der Waals surface area contributed by atoms with Crippen LogP contribution in [0, 0.1) is 0 Å². The van der Waals surface area contributed by atoms with Crippen LogP contribution >= 0.6 is 0 Å². The van der Waals surface area contributed by atoms with Crippen LogP contribution in [0.25, 0.3) is 0 Å². The SMILES string of the molecule is COC(C)c1ccccc1OS(=O)(=O)c1ccccc1. The molecule has 2 aromatic rings. The molecule has 0 aliphatic heterocycles. The molecule has 1 atom stereocenters. The third kappa shape index (κ3) is 3.18.